The van der Waals surface area contributed by atoms with E-state index < -0.39 is 9.04 Å². The number of rotatable bonds is 5. The summed E-state index contributed by atoms with van der Waals surface area (Å²) < 4.78 is 5.80. The van der Waals surface area contributed by atoms with Crippen LogP contribution in [0.4, 0.5) is 0 Å². The van der Waals surface area contributed by atoms with Gasteiger partial charge >= 0.3 is 0 Å². The van der Waals surface area contributed by atoms with Crippen molar-refractivity contribution in [3.63, 3.8) is 0 Å². The Morgan fingerprint density at radius 2 is 1.23 bits per heavy atom. The lowest BCUT2D eigenvalue weighted by Crippen LogP contribution is -2.39. The Hall–Kier alpha value is 0.177. The highest BCUT2D eigenvalue weighted by atomic mass is 28.3. The van der Waals surface area contributed by atoms with Gasteiger partial charge in [0.1, 0.15) is 0 Å². The summed E-state index contributed by atoms with van der Waals surface area (Å²) >= 11 is 0. The maximum absolute atomic E-state index is 5.80. The molecule has 2 heteroatoms. The predicted octanol–water partition coefficient (Wildman–Crippen LogP) is 3.74. The van der Waals surface area contributed by atoms with Crippen LogP contribution in [0, 0.1) is 0 Å². The lowest BCUT2D eigenvalue weighted by Gasteiger charge is -2.41. The van der Waals surface area contributed by atoms with Crippen molar-refractivity contribution in [2.45, 2.75) is 64.5 Å². The van der Waals surface area contributed by atoms with Gasteiger partial charge in [0.2, 0.25) is 0 Å². The van der Waals surface area contributed by atoms with Crippen molar-refractivity contribution in [3.05, 3.63) is 0 Å². The predicted molar refractivity (Wildman–Crippen MR) is 62.8 cm³/mol. The van der Waals surface area contributed by atoms with Crippen molar-refractivity contribution in [1.82, 2.24) is 0 Å². The van der Waals surface area contributed by atoms with Crippen molar-refractivity contribution in [2.24, 2.45) is 0 Å². The standard InChI is InChI=1S/C11H26OSi/c1-8-10(3,4)13(12-7)11(5,6)9-2/h13H,8-9H2,1-7H3. The normalized spacial score (nSPS) is 13.8. The lowest BCUT2D eigenvalue weighted by atomic mass is 10.1. The van der Waals surface area contributed by atoms with Gasteiger partial charge in [0.15, 0.2) is 9.04 Å². The molecule has 0 rings (SSSR count). The Morgan fingerprint density at radius 3 is 1.38 bits per heavy atom. The van der Waals surface area contributed by atoms with Crippen molar-refractivity contribution < 1.29 is 4.43 Å². The van der Waals surface area contributed by atoms with Crippen LogP contribution in [0.2, 0.25) is 10.1 Å². The van der Waals surface area contributed by atoms with Gasteiger partial charge in [-0.1, -0.05) is 54.4 Å². The molecule has 0 aliphatic carbocycles. The maximum atomic E-state index is 5.80. The first-order chi connectivity index (χ1) is 5.81. The van der Waals surface area contributed by atoms with Crippen molar-refractivity contribution in [3.8, 4) is 0 Å². The van der Waals surface area contributed by atoms with E-state index in [1.165, 1.54) is 12.8 Å². The van der Waals surface area contributed by atoms with Gasteiger partial charge in [-0.2, -0.15) is 0 Å². The van der Waals surface area contributed by atoms with Gasteiger partial charge in [-0.15, -0.1) is 0 Å². The minimum atomic E-state index is -1.13. The Balaban J connectivity index is 4.69. The summed E-state index contributed by atoms with van der Waals surface area (Å²) in [5, 5.41) is 0.822. The molecule has 0 aromatic carbocycles. The van der Waals surface area contributed by atoms with Gasteiger partial charge in [-0.3, -0.25) is 0 Å². The fourth-order valence-electron chi connectivity index (χ4n) is 2.07. The zero-order valence-corrected chi connectivity index (χ0v) is 11.6. The van der Waals surface area contributed by atoms with Crippen molar-refractivity contribution in [2.75, 3.05) is 7.11 Å². The quantitative estimate of drug-likeness (QED) is 0.617. The zero-order chi connectivity index (χ0) is 10.7. The minimum Gasteiger partial charge on any atom is -0.422 e. The second kappa shape index (κ2) is 4.60. The minimum absolute atomic E-state index is 0.411. The van der Waals surface area contributed by atoms with Gasteiger partial charge in [0, 0.05) is 7.11 Å². The van der Waals surface area contributed by atoms with Crippen LogP contribution in [-0.2, 0) is 4.43 Å². The summed E-state index contributed by atoms with van der Waals surface area (Å²) in [5.41, 5.74) is 0. The van der Waals surface area contributed by atoms with E-state index in [4.69, 9.17) is 4.43 Å². The Bertz CT molecular complexity index is 136. The van der Waals surface area contributed by atoms with E-state index in [0.29, 0.717) is 10.1 Å². The lowest BCUT2D eigenvalue weighted by molar-refractivity contribution is 0.341. The van der Waals surface area contributed by atoms with Crippen LogP contribution in [0.3, 0.4) is 0 Å². The molecule has 0 saturated heterocycles. The van der Waals surface area contributed by atoms with E-state index in [0.717, 1.165) is 0 Å². The molecule has 0 aromatic rings. The summed E-state index contributed by atoms with van der Waals surface area (Å²) in [6.45, 7) is 13.9. The topological polar surface area (TPSA) is 9.23 Å². The van der Waals surface area contributed by atoms with Crippen LogP contribution in [0.15, 0.2) is 0 Å². The van der Waals surface area contributed by atoms with E-state index in [2.05, 4.69) is 41.5 Å². The molecule has 0 fully saturated rings. The molecular formula is C11H26OSi. The second-order valence-electron chi connectivity index (χ2n) is 5.30. The fraction of sp³-hybridized carbons (Fsp3) is 1.00. The molecular weight excluding hydrogens is 176 g/mol. The van der Waals surface area contributed by atoms with E-state index >= 15 is 0 Å². The van der Waals surface area contributed by atoms with E-state index in [-0.39, 0.29) is 0 Å². The highest BCUT2D eigenvalue weighted by Crippen LogP contribution is 2.46. The molecule has 13 heavy (non-hydrogen) atoms. The number of hydrogen-bond acceptors (Lipinski definition) is 1. The van der Waals surface area contributed by atoms with Crippen molar-refractivity contribution >= 4 is 9.04 Å². The van der Waals surface area contributed by atoms with Crippen LogP contribution in [0.25, 0.3) is 0 Å². The number of hydrogen-bond donors (Lipinski definition) is 0. The van der Waals surface area contributed by atoms with Crippen LogP contribution >= 0.6 is 0 Å². The maximum Gasteiger partial charge on any atom is 0.187 e. The Labute approximate surface area is 85.6 Å². The average molecular weight is 202 g/mol. The smallest absolute Gasteiger partial charge is 0.187 e. The highest BCUT2D eigenvalue weighted by Gasteiger charge is 2.40. The molecule has 0 aliphatic heterocycles. The molecule has 0 N–H and O–H groups in total. The third-order valence-corrected chi connectivity index (χ3v) is 7.60. The van der Waals surface area contributed by atoms with Gasteiger partial charge in [0.25, 0.3) is 0 Å². The molecule has 0 aromatic heterocycles. The van der Waals surface area contributed by atoms with Crippen molar-refractivity contribution in [1.29, 1.82) is 0 Å². The first-order valence-electron chi connectivity index (χ1n) is 5.34. The van der Waals surface area contributed by atoms with Crippen LogP contribution < -0.4 is 0 Å². The van der Waals surface area contributed by atoms with Gasteiger partial charge in [-0.25, -0.2) is 0 Å². The molecule has 80 valence electrons. The first-order valence-corrected chi connectivity index (χ1v) is 6.97. The Kier molecular flexibility index (Phi) is 4.67. The van der Waals surface area contributed by atoms with Crippen LogP contribution in [0.5, 0.6) is 0 Å². The average Bonchev–Trinajstić information content (AvgIpc) is 2.05. The molecule has 0 saturated carbocycles. The Morgan fingerprint density at radius 1 is 0.923 bits per heavy atom. The van der Waals surface area contributed by atoms with Gasteiger partial charge in [0.05, 0.1) is 0 Å². The largest absolute Gasteiger partial charge is 0.422 e. The SMILES string of the molecule is CCC(C)(C)[SiH](OC)C(C)(C)CC. The third-order valence-electron chi connectivity index (χ3n) is 3.48. The molecule has 0 heterocycles. The summed E-state index contributed by atoms with van der Waals surface area (Å²) in [6.07, 6.45) is 2.45. The molecule has 0 atom stereocenters. The zero-order valence-electron chi connectivity index (χ0n) is 10.4. The fourth-order valence-corrected chi connectivity index (χ4v) is 6.20. The first kappa shape index (κ1) is 13.2. The molecule has 0 unspecified atom stereocenters. The molecule has 0 spiro atoms. The van der Waals surface area contributed by atoms with Gasteiger partial charge < -0.3 is 4.43 Å². The molecule has 0 bridgehead atoms. The van der Waals surface area contributed by atoms with E-state index in [1.807, 2.05) is 7.11 Å². The third kappa shape index (κ3) is 3.10. The van der Waals surface area contributed by atoms with Crippen LogP contribution in [-0.4, -0.2) is 16.2 Å². The highest BCUT2D eigenvalue weighted by molar-refractivity contribution is 6.58. The molecule has 0 radical (unpaired) electrons. The van der Waals surface area contributed by atoms with E-state index in [9.17, 15) is 0 Å². The van der Waals surface area contributed by atoms with E-state index in [1.54, 1.807) is 0 Å². The molecule has 0 aliphatic rings. The summed E-state index contributed by atoms with van der Waals surface area (Å²) in [5.74, 6) is 0. The summed E-state index contributed by atoms with van der Waals surface area (Å²) in [7, 11) is 0.763. The summed E-state index contributed by atoms with van der Waals surface area (Å²) in [6, 6.07) is 0. The molecule has 1 nitrogen and oxygen atoms in total. The molecule has 0 amide bonds. The van der Waals surface area contributed by atoms with Gasteiger partial charge in [-0.05, 0) is 10.1 Å². The monoisotopic (exact) mass is 202 g/mol. The second-order valence-corrected chi connectivity index (χ2v) is 9.66. The summed E-state index contributed by atoms with van der Waals surface area (Å²) in [4.78, 5) is 0. The van der Waals surface area contributed by atoms with Crippen LogP contribution in [0.1, 0.15) is 54.4 Å².